The van der Waals surface area contributed by atoms with E-state index in [-0.39, 0.29) is 54.7 Å². The van der Waals surface area contributed by atoms with Gasteiger partial charge in [-0.2, -0.15) is 0 Å². The summed E-state index contributed by atoms with van der Waals surface area (Å²) in [4.78, 5) is 15.8. The van der Waals surface area contributed by atoms with Crippen LogP contribution in [0.2, 0.25) is 0 Å². The summed E-state index contributed by atoms with van der Waals surface area (Å²) in [6.45, 7) is 0.654. The molecule has 3 N–H and O–H groups in total. The second-order valence-corrected chi connectivity index (χ2v) is 6.07. The van der Waals surface area contributed by atoms with Crippen molar-refractivity contribution in [2.75, 3.05) is 11.9 Å². The third kappa shape index (κ3) is 10.9. The van der Waals surface area contributed by atoms with E-state index in [1.807, 2.05) is 30.3 Å². The standard InChI is InChI=1S/C20H22F3N3O3.HI/c21-20(22,23)29-17-11-9-16(10-12-17)26-19(24)25-13-5-4-8-18(27)28-14-15-6-2-1-3-7-15;/h1-3,6-7,9-12H,4-5,8,13-14H2,(H3,24,25,26);1H. The quantitative estimate of drug-likeness (QED) is 0.157. The van der Waals surface area contributed by atoms with Crippen LogP contribution in [0.3, 0.4) is 0 Å². The molecule has 0 radical (unpaired) electrons. The van der Waals surface area contributed by atoms with Crippen LogP contribution < -0.4 is 15.8 Å². The fourth-order valence-corrected chi connectivity index (χ4v) is 2.32. The van der Waals surface area contributed by atoms with Crippen LogP contribution in [0.15, 0.2) is 59.6 Å². The predicted molar refractivity (Wildman–Crippen MR) is 119 cm³/mol. The zero-order valence-corrected chi connectivity index (χ0v) is 18.4. The number of nitrogens with zero attached hydrogens (tertiary/aromatic N) is 1. The molecule has 2 aromatic carbocycles. The van der Waals surface area contributed by atoms with E-state index < -0.39 is 6.36 Å². The Morgan fingerprint density at radius 1 is 1.03 bits per heavy atom. The van der Waals surface area contributed by atoms with Gasteiger partial charge in [0.15, 0.2) is 5.96 Å². The topological polar surface area (TPSA) is 85.9 Å². The fraction of sp³-hybridized carbons (Fsp3) is 0.300. The fourth-order valence-electron chi connectivity index (χ4n) is 2.32. The molecule has 0 heterocycles. The van der Waals surface area contributed by atoms with Crippen LogP contribution in [0.5, 0.6) is 5.75 Å². The maximum absolute atomic E-state index is 12.1. The summed E-state index contributed by atoms with van der Waals surface area (Å²) in [7, 11) is 0. The molecular weight excluding hydrogens is 514 g/mol. The lowest BCUT2D eigenvalue weighted by atomic mass is 10.2. The summed E-state index contributed by atoms with van der Waals surface area (Å²) in [6.07, 6.45) is -3.20. The Labute approximate surface area is 189 Å². The van der Waals surface area contributed by atoms with E-state index in [0.29, 0.717) is 25.1 Å². The monoisotopic (exact) mass is 537 g/mol. The molecular formula is C20H23F3IN3O3. The normalized spacial score (nSPS) is 11.4. The first kappa shape index (κ1) is 25.5. The highest BCUT2D eigenvalue weighted by Crippen LogP contribution is 2.23. The Morgan fingerprint density at radius 2 is 1.70 bits per heavy atom. The molecule has 0 aliphatic carbocycles. The van der Waals surface area contributed by atoms with Crippen LogP contribution in [0.1, 0.15) is 24.8 Å². The number of unbranched alkanes of at least 4 members (excludes halogenated alkanes) is 1. The molecule has 0 atom stereocenters. The maximum Gasteiger partial charge on any atom is 0.573 e. The van der Waals surface area contributed by atoms with Gasteiger partial charge in [-0.05, 0) is 42.7 Å². The van der Waals surface area contributed by atoms with Gasteiger partial charge in [-0.1, -0.05) is 30.3 Å². The number of benzene rings is 2. The number of guanidine groups is 1. The number of hydrogen-bond donors (Lipinski definition) is 2. The van der Waals surface area contributed by atoms with Gasteiger partial charge in [0.2, 0.25) is 0 Å². The van der Waals surface area contributed by atoms with Gasteiger partial charge in [0, 0.05) is 18.7 Å². The molecule has 0 aliphatic rings. The number of nitrogens with two attached hydrogens (primary N) is 1. The van der Waals surface area contributed by atoms with Crippen molar-refractivity contribution in [3.8, 4) is 5.75 Å². The Morgan fingerprint density at radius 3 is 2.33 bits per heavy atom. The number of hydrogen-bond acceptors (Lipinski definition) is 4. The molecule has 10 heteroatoms. The van der Waals surface area contributed by atoms with Crippen LogP contribution in [-0.4, -0.2) is 24.8 Å². The van der Waals surface area contributed by atoms with E-state index in [4.69, 9.17) is 10.5 Å². The lowest BCUT2D eigenvalue weighted by Crippen LogP contribution is -2.23. The Bertz CT molecular complexity index is 800. The highest BCUT2D eigenvalue weighted by molar-refractivity contribution is 14.0. The van der Waals surface area contributed by atoms with E-state index in [2.05, 4.69) is 15.0 Å². The number of alkyl halides is 3. The van der Waals surface area contributed by atoms with Gasteiger partial charge in [0.05, 0.1) is 0 Å². The lowest BCUT2D eigenvalue weighted by molar-refractivity contribution is -0.274. The smallest absolute Gasteiger partial charge is 0.461 e. The molecule has 0 saturated carbocycles. The Balaban J connectivity index is 0.00000450. The van der Waals surface area contributed by atoms with Crippen LogP contribution in [0.25, 0.3) is 0 Å². The lowest BCUT2D eigenvalue weighted by Gasteiger charge is -2.10. The largest absolute Gasteiger partial charge is 0.573 e. The molecule has 0 aliphatic heterocycles. The molecule has 0 saturated heterocycles. The first-order chi connectivity index (χ1) is 13.8. The minimum atomic E-state index is -4.73. The average Bonchev–Trinajstić information content (AvgIpc) is 2.67. The molecule has 2 rings (SSSR count). The number of anilines is 1. The van der Waals surface area contributed by atoms with Gasteiger partial charge in [-0.25, -0.2) is 0 Å². The maximum atomic E-state index is 12.1. The van der Waals surface area contributed by atoms with Gasteiger partial charge in [0.25, 0.3) is 0 Å². The molecule has 6 nitrogen and oxygen atoms in total. The van der Waals surface area contributed by atoms with Gasteiger partial charge >= 0.3 is 12.3 Å². The first-order valence-corrected chi connectivity index (χ1v) is 8.94. The molecule has 0 amide bonds. The second-order valence-electron chi connectivity index (χ2n) is 6.07. The predicted octanol–water partition coefficient (Wildman–Crippen LogP) is 4.84. The van der Waals surface area contributed by atoms with Crippen molar-refractivity contribution in [3.05, 3.63) is 60.2 Å². The number of ether oxygens (including phenoxy) is 2. The molecule has 164 valence electrons. The molecule has 0 spiro atoms. The summed E-state index contributed by atoms with van der Waals surface area (Å²) < 4.78 is 45.3. The third-order valence-electron chi connectivity index (χ3n) is 3.67. The molecule has 0 bridgehead atoms. The van der Waals surface area contributed by atoms with Crippen molar-refractivity contribution < 1.29 is 27.4 Å². The van der Waals surface area contributed by atoms with Crippen molar-refractivity contribution in [1.29, 1.82) is 0 Å². The van der Waals surface area contributed by atoms with E-state index in [1.165, 1.54) is 24.3 Å². The summed E-state index contributed by atoms with van der Waals surface area (Å²) in [5.41, 5.74) is 7.15. The molecule has 2 aromatic rings. The number of carbonyl (C=O) groups excluding carboxylic acids is 1. The summed E-state index contributed by atoms with van der Waals surface area (Å²) in [5.74, 6) is -0.469. The third-order valence-corrected chi connectivity index (χ3v) is 3.67. The molecule has 0 aromatic heterocycles. The van der Waals surface area contributed by atoms with Gasteiger partial charge in [0.1, 0.15) is 12.4 Å². The summed E-state index contributed by atoms with van der Waals surface area (Å²) >= 11 is 0. The number of aliphatic imine (C=N–C) groups is 1. The van der Waals surface area contributed by atoms with Gasteiger partial charge in [-0.15, -0.1) is 37.1 Å². The van der Waals surface area contributed by atoms with Crippen molar-refractivity contribution in [2.45, 2.75) is 32.2 Å². The Hall–Kier alpha value is -2.50. The SMILES string of the molecule is I.NC(=NCCCCC(=O)OCc1ccccc1)Nc1ccc(OC(F)(F)F)cc1. The summed E-state index contributed by atoms with van der Waals surface area (Å²) in [5, 5.41) is 2.77. The highest BCUT2D eigenvalue weighted by atomic mass is 127. The van der Waals surface area contributed by atoms with Gasteiger partial charge in [-0.3, -0.25) is 9.79 Å². The van der Waals surface area contributed by atoms with E-state index in [9.17, 15) is 18.0 Å². The van der Waals surface area contributed by atoms with Crippen LogP contribution in [0, 0.1) is 0 Å². The van der Waals surface area contributed by atoms with Crippen LogP contribution >= 0.6 is 24.0 Å². The first-order valence-electron chi connectivity index (χ1n) is 8.94. The molecule has 0 fully saturated rings. The van der Waals surface area contributed by atoms with Crippen LogP contribution in [0.4, 0.5) is 18.9 Å². The van der Waals surface area contributed by atoms with E-state index in [1.54, 1.807) is 0 Å². The number of esters is 1. The number of carbonyl (C=O) groups is 1. The zero-order valence-electron chi connectivity index (χ0n) is 16.0. The van der Waals surface area contributed by atoms with E-state index in [0.717, 1.165) is 5.56 Å². The van der Waals surface area contributed by atoms with Crippen molar-refractivity contribution >= 4 is 41.6 Å². The van der Waals surface area contributed by atoms with Crippen molar-refractivity contribution in [2.24, 2.45) is 10.7 Å². The molecule has 30 heavy (non-hydrogen) atoms. The van der Waals surface area contributed by atoms with Gasteiger partial charge < -0.3 is 20.5 Å². The minimum absolute atomic E-state index is 0. The van der Waals surface area contributed by atoms with Crippen molar-refractivity contribution in [3.63, 3.8) is 0 Å². The minimum Gasteiger partial charge on any atom is -0.461 e. The highest BCUT2D eigenvalue weighted by Gasteiger charge is 2.30. The summed E-state index contributed by atoms with van der Waals surface area (Å²) in [6, 6.07) is 14.6. The average molecular weight is 537 g/mol. The van der Waals surface area contributed by atoms with Crippen LogP contribution in [-0.2, 0) is 16.1 Å². The zero-order chi connectivity index (χ0) is 21.1. The van der Waals surface area contributed by atoms with E-state index >= 15 is 0 Å². The number of halogens is 4. The molecule has 0 unspecified atom stereocenters. The second kappa shape index (κ2) is 12.9. The Kier molecular flexibility index (Phi) is 11.0. The number of rotatable bonds is 9. The van der Waals surface area contributed by atoms with Crippen molar-refractivity contribution in [1.82, 2.24) is 0 Å². The number of nitrogens with one attached hydrogen (secondary N) is 1.